The van der Waals surface area contributed by atoms with Crippen LogP contribution in [0.3, 0.4) is 0 Å². The topological polar surface area (TPSA) is 13.1 Å². The van der Waals surface area contributed by atoms with Crippen molar-refractivity contribution in [2.24, 2.45) is 0 Å². The van der Waals surface area contributed by atoms with Crippen LogP contribution in [0.25, 0.3) is 119 Å². The summed E-state index contributed by atoms with van der Waals surface area (Å²) in [5.74, 6) is 0. The van der Waals surface area contributed by atoms with Crippen molar-refractivity contribution in [3.05, 3.63) is 194 Å². The molecule has 0 N–H and O–H groups in total. The molecule has 0 aliphatic carbocycles. The lowest BCUT2D eigenvalue weighted by Gasteiger charge is -2.18. The van der Waals surface area contributed by atoms with Crippen LogP contribution in [0.5, 0.6) is 0 Å². The van der Waals surface area contributed by atoms with E-state index in [-0.39, 0.29) is 0 Å². The van der Waals surface area contributed by atoms with Gasteiger partial charge in [-0.15, -0.1) is 11.3 Å². The van der Waals surface area contributed by atoms with E-state index < -0.39 is 0 Å². The monoisotopic (exact) mass is 728 g/mol. The van der Waals surface area contributed by atoms with E-state index in [0.717, 1.165) is 11.2 Å². The first-order valence-electron chi connectivity index (χ1n) is 19.2. The number of rotatable bonds is 4. The summed E-state index contributed by atoms with van der Waals surface area (Å²) in [6.45, 7) is 0. The number of fused-ring (bicyclic) bond motifs is 10. The van der Waals surface area contributed by atoms with E-state index >= 15 is 0 Å². The molecule has 0 bridgehead atoms. The maximum absolute atomic E-state index is 6.22. The van der Waals surface area contributed by atoms with E-state index in [0.29, 0.717) is 0 Å². The first-order chi connectivity index (χ1) is 27.7. The van der Waals surface area contributed by atoms with Crippen molar-refractivity contribution in [3.8, 4) is 44.5 Å². The predicted octanol–water partition coefficient (Wildman–Crippen LogP) is 16.1. The zero-order chi connectivity index (χ0) is 36.7. The van der Waals surface area contributed by atoms with Crippen LogP contribution in [0.15, 0.2) is 199 Å². The quantitative estimate of drug-likeness (QED) is 0.165. The maximum atomic E-state index is 6.22. The highest BCUT2D eigenvalue weighted by atomic mass is 32.1. The number of furan rings is 1. The van der Waals surface area contributed by atoms with E-state index in [9.17, 15) is 0 Å². The van der Waals surface area contributed by atoms with Crippen LogP contribution in [-0.4, -0.2) is 0 Å². The van der Waals surface area contributed by atoms with E-state index in [2.05, 4.69) is 188 Å². The molecular weight excluding hydrogens is 697 g/mol. The molecule has 0 saturated carbocycles. The molecule has 0 saturated heterocycles. The molecule has 0 unspecified atom stereocenters. The molecule has 0 aliphatic rings. The van der Waals surface area contributed by atoms with Crippen LogP contribution in [0.1, 0.15) is 0 Å². The van der Waals surface area contributed by atoms with Gasteiger partial charge in [0.2, 0.25) is 0 Å². The van der Waals surface area contributed by atoms with Crippen molar-refractivity contribution in [2.75, 3.05) is 0 Å². The molecule has 0 fully saturated rings. The maximum Gasteiger partial charge on any atom is 0.136 e. The fourth-order valence-electron chi connectivity index (χ4n) is 9.00. The highest BCUT2D eigenvalue weighted by Gasteiger charge is 2.18. The SMILES string of the molecule is c1ccc(-c2ccc(-c3c4ccccc4c(-c4ccc(-c5ccc6cc7c(cc6c5)sc5c7ccc6oc7ccccc7c65)cc4)c4ccccc34)cc2)cc1. The molecule has 10 aromatic carbocycles. The van der Waals surface area contributed by atoms with Crippen LogP contribution in [0.4, 0.5) is 0 Å². The van der Waals surface area contributed by atoms with Crippen LogP contribution >= 0.6 is 11.3 Å². The Kier molecular flexibility index (Phi) is 6.87. The smallest absolute Gasteiger partial charge is 0.136 e. The van der Waals surface area contributed by atoms with E-state index in [1.54, 1.807) is 0 Å². The summed E-state index contributed by atoms with van der Waals surface area (Å²) in [6.07, 6.45) is 0. The lowest BCUT2D eigenvalue weighted by molar-refractivity contribution is 0.669. The Hall–Kier alpha value is -7.00. The largest absolute Gasteiger partial charge is 0.456 e. The van der Waals surface area contributed by atoms with E-state index in [1.807, 2.05) is 17.4 Å². The minimum Gasteiger partial charge on any atom is -0.456 e. The number of para-hydroxylation sites is 1. The summed E-state index contributed by atoms with van der Waals surface area (Å²) in [4.78, 5) is 0. The normalized spacial score (nSPS) is 11.9. The molecular formula is C54H32OS. The molecule has 260 valence electrons. The lowest BCUT2D eigenvalue weighted by atomic mass is 9.85. The molecule has 0 aliphatic heterocycles. The highest BCUT2D eigenvalue weighted by molar-refractivity contribution is 7.26. The van der Waals surface area contributed by atoms with Gasteiger partial charge < -0.3 is 4.42 Å². The summed E-state index contributed by atoms with van der Waals surface area (Å²) >= 11 is 1.87. The van der Waals surface area contributed by atoms with E-state index in [4.69, 9.17) is 4.42 Å². The Morgan fingerprint density at radius 1 is 0.304 bits per heavy atom. The average molecular weight is 729 g/mol. The first-order valence-corrected chi connectivity index (χ1v) is 20.0. The van der Waals surface area contributed by atoms with Crippen LogP contribution in [0.2, 0.25) is 0 Å². The van der Waals surface area contributed by atoms with Crippen LogP contribution in [-0.2, 0) is 0 Å². The standard InChI is InChI=1S/C54H32OS/c1-2-10-33(11-3-1)34-18-22-36(23-19-34)51-41-12-4-6-14-43(41)52(44-15-7-5-13-42(44)51)37-24-20-35(21-25-37)38-26-27-39-31-47-45-28-29-49-53(46-16-8-9-17-48(46)55-49)54(45)56-50(47)32-40(39)30-38/h1-32H. The van der Waals surface area contributed by atoms with Gasteiger partial charge >= 0.3 is 0 Å². The third-order valence-electron chi connectivity index (χ3n) is 11.7. The third kappa shape index (κ3) is 4.80. The number of hydrogen-bond donors (Lipinski definition) is 0. The predicted molar refractivity (Wildman–Crippen MR) is 241 cm³/mol. The van der Waals surface area contributed by atoms with Gasteiger partial charge in [0.15, 0.2) is 0 Å². The Labute approximate surface area is 327 Å². The fourth-order valence-corrected chi connectivity index (χ4v) is 10.3. The molecule has 56 heavy (non-hydrogen) atoms. The zero-order valence-electron chi connectivity index (χ0n) is 30.3. The van der Waals surface area contributed by atoms with Gasteiger partial charge in [0.05, 0.1) is 0 Å². The van der Waals surface area contributed by atoms with Gasteiger partial charge in [-0.25, -0.2) is 0 Å². The molecule has 2 heteroatoms. The molecule has 2 aromatic heterocycles. The minimum atomic E-state index is 0.941. The highest BCUT2D eigenvalue weighted by Crippen LogP contribution is 2.46. The summed E-state index contributed by atoms with van der Waals surface area (Å²) in [6, 6.07) is 71.0. The summed E-state index contributed by atoms with van der Waals surface area (Å²) < 4.78 is 8.82. The summed E-state index contributed by atoms with van der Waals surface area (Å²) in [5.41, 5.74) is 11.8. The second-order valence-electron chi connectivity index (χ2n) is 14.8. The summed E-state index contributed by atoms with van der Waals surface area (Å²) in [5, 5.41) is 12.6. The second-order valence-corrected chi connectivity index (χ2v) is 15.8. The number of benzene rings is 10. The van der Waals surface area contributed by atoms with Gasteiger partial charge in [-0.05, 0) is 113 Å². The van der Waals surface area contributed by atoms with Crippen molar-refractivity contribution < 1.29 is 4.42 Å². The third-order valence-corrected chi connectivity index (χ3v) is 12.8. The Balaban J connectivity index is 0.950. The van der Waals surface area contributed by atoms with Crippen molar-refractivity contribution in [3.63, 3.8) is 0 Å². The second kappa shape index (κ2) is 12.3. The van der Waals surface area contributed by atoms with Gasteiger partial charge in [0.25, 0.3) is 0 Å². The molecule has 12 aromatic rings. The summed E-state index contributed by atoms with van der Waals surface area (Å²) in [7, 11) is 0. The molecule has 0 amide bonds. The van der Waals surface area contributed by atoms with Gasteiger partial charge in [0.1, 0.15) is 11.2 Å². The molecule has 0 spiro atoms. The van der Waals surface area contributed by atoms with Gasteiger partial charge in [-0.2, -0.15) is 0 Å². The lowest BCUT2D eigenvalue weighted by Crippen LogP contribution is -1.91. The first kappa shape index (κ1) is 31.4. The van der Waals surface area contributed by atoms with Crippen LogP contribution < -0.4 is 0 Å². The minimum absolute atomic E-state index is 0.941. The van der Waals surface area contributed by atoms with Crippen molar-refractivity contribution in [1.82, 2.24) is 0 Å². The average Bonchev–Trinajstić information content (AvgIpc) is 3.83. The van der Waals surface area contributed by atoms with Crippen molar-refractivity contribution >= 4 is 85.8 Å². The zero-order valence-corrected chi connectivity index (χ0v) is 31.1. The molecule has 12 rings (SSSR count). The fraction of sp³-hybridized carbons (Fsp3) is 0. The molecule has 2 heterocycles. The van der Waals surface area contributed by atoms with Crippen molar-refractivity contribution in [2.45, 2.75) is 0 Å². The molecule has 0 radical (unpaired) electrons. The Morgan fingerprint density at radius 3 is 1.46 bits per heavy atom. The van der Waals surface area contributed by atoms with Gasteiger partial charge in [-0.1, -0.05) is 158 Å². The van der Waals surface area contributed by atoms with Crippen molar-refractivity contribution in [1.29, 1.82) is 0 Å². The van der Waals surface area contributed by atoms with Crippen LogP contribution in [0, 0.1) is 0 Å². The number of thiophene rings is 1. The Morgan fingerprint density at radius 2 is 0.821 bits per heavy atom. The molecule has 1 nitrogen and oxygen atoms in total. The van der Waals surface area contributed by atoms with E-state index in [1.165, 1.54) is 108 Å². The Bertz CT molecular complexity index is 3440. The van der Waals surface area contributed by atoms with Gasteiger partial charge in [0, 0.05) is 30.9 Å². The molecule has 0 atom stereocenters. The number of hydrogen-bond acceptors (Lipinski definition) is 2. The van der Waals surface area contributed by atoms with Gasteiger partial charge in [-0.3, -0.25) is 0 Å².